The lowest BCUT2D eigenvalue weighted by Gasteiger charge is -2.26. The monoisotopic (exact) mass is 529 g/mol. The van der Waals surface area contributed by atoms with E-state index in [0.717, 1.165) is 5.56 Å². The van der Waals surface area contributed by atoms with Crippen molar-refractivity contribution < 1.29 is 22.7 Å². The Kier molecular flexibility index (Phi) is 8.40. The molecule has 0 saturated heterocycles. The SMILES string of the molecule is COc1cccc(/C=N\NC(=O)c2ccccc2N(Cc2ccccc2)S(=O)(=O)c2ccccc2)c1OC. The Labute approximate surface area is 222 Å². The topological polar surface area (TPSA) is 97.3 Å². The van der Waals surface area contributed by atoms with Crippen molar-refractivity contribution in [2.75, 3.05) is 18.5 Å². The summed E-state index contributed by atoms with van der Waals surface area (Å²) in [5, 5.41) is 4.08. The zero-order valence-corrected chi connectivity index (χ0v) is 21.8. The van der Waals surface area contributed by atoms with Crippen molar-refractivity contribution in [3.8, 4) is 11.5 Å². The highest BCUT2D eigenvalue weighted by Gasteiger charge is 2.28. The highest BCUT2D eigenvalue weighted by molar-refractivity contribution is 7.92. The lowest BCUT2D eigenvalue weighted by atomic mass is 10.1. The van der Waals surface area contributed by atoms with Crippen LogP contribution in [0, 0.1) is 0 Å². The van der Waals surface area contributed by atoms with Gasteiger partial charge in [-0.1, -0.05) is 66.7 Å². The van der Waals surface area contributed by atoms with Crippen molar-refractivity contribution in [2.45, 2.75) is 11.4 Å². The van der Waals surface area contributed by atoms with Crippen LogP contribution in [0.1, 0.15) is 21.5 Å². The van der Waals surface area contributed by atoms with Crippen LogP contribution in [0.3, 0.4) is 0 Å². The van der Waals surface area contributed by atoms with E-state index in [-0.39, 0.29) is 22.7 Å². The molecule has 1 amide bonds. The number of para-hydroxylation sites is 2. The highest BCUT2D eigenvalue weighted by Crippen LogP contribution is 2.30. The van der Waals surface area contributed by atoms with Gasteiger partial charge in [-0.2, -0.15) is 5.10 Å². The summed E-state index contributed by atoms with van der Waals surface area (Å²) in [6.45, 7) is 0.0344. The molecule has 0 saturated carbocycles. The Hall–Kier alpha value is -4.63. The molecule has 0 aliphatic heterocycles. The molecule has 0 aromatic heterocycles. The zero-order valence-electron chi connectivity index (χ0n) is 20.9. The number of carbonyl (C=O) groups excluding carboxylic acids is 1. The third-order valence-corrected chi connectivity index (χ3v) is 7.49. The maximum atomic E-state index is 13.8. The van der Waals surface area contributed by atoms with Gasteiger partial charge in [-0.3, -0.25) is 9.10 Å². The Morgan fingerprint density at radius 1 is 0.842 bits per heavy atom. The van der Waals surface area contributed by atoms with E-state index in [4.69, 9.17) is 9.47 Å². The molecule has 0 bridgehead atoms. The van der Waals surface area contributed by atoms with Crippen LogP contribution in [-0.2, 0) is 16.6 Å². The summed E-state index contributed by atoms with van der Waals surface area (Å²) in [4.78, 5) is 13.4. The smallest absolute Gasteiger partial charge is 0.273 e. The second-order valence-electron chi connectivity index (χ2n) is 8.11. The number of methoxy groups -OCH3 is 2. The molecule has 0 unspecified atom stereocenters. The highest BCUT2D eigenvalue weighted by atomic mass is 32.2. The number of nitrogens with zero attached hydrogens (tertiary/aromatic N) is 2. The summed E-state index contributed by atoms with van der Waals surface area (Å²) in [6, 6.07) is 29.1. The minimum absolute atomic E-state index is 0.0344. The second kappa shape index (κ2) is 12.1. The number of amides is 1. The van der Waals surface area contributed by atoms with Gasteiger partial charge >= 0.3 is 0 Å². The Bertz CT molecular complexity index is 1520. The van der Waals surface area contributed by atoms with Gasteiger partial charge in [-0.05, 0) is 42.0 Å². The van der Waals surface area contributed by atoms with Gasteiger partial charge in [0.15, 0.2) is 11.5 Å². The largest absolute Gasteiger partial charge is 0.493 e. The lowest BCUT2D eigenvalue weighted by molar-refractivity contribution is 0.0955. The zero-order chi connectivity index (χ0) is 27.0. The first-order valence-electron chi connectivity index (χ1n) is 11.7. The summed E-state index contributed by atoms with van der Waals surface area (Å²) in [7, 11) is -0.962. The van der Waals surface area contributed by atoms with Crippen LogP contribution < -0.4 is 19.2 Å². The molecule has 0 atom stereocenters. The fourth-order valence-corrected chi connectivity index (χ4v) is 5.38. The molecule has 0 spiro atoms. The lowest BCUT2D eigenvalue weighted by Crippen LogP contribution is -2.33. The van der Waals surface area contributed by atoms with Crippen LogP contribution in [0.25, 0.3) is 0 Å². The van der Waals surface area contributed by atoms with Crippen LogP contribution in [0.2, 0.25) is 0 Å². The van der Waals surface area contributed by atoms with E-state index in [1.54, 1.807) is 60.7 Å². The first-order chi connectivity index (χ1) is 18.5. The van der Waals surface area contributed by atoms with Gasteiger partial charge in [0.05, 0.1) is 43.1 Å². The molecule has 0 heterocycles. The van der Waals surface area contributed by atoms with E-state index in [9.17, 15) is 13.2 Å². The van der Waals surface area contributed by atoms with Crippen LogP contribution >= 0.6 is 0 Å². The first-order valence-corrected chi connectivity index (χ1v) is 13.1. The number of sulfonamides is 1. The Morgan fingerprint density at radius 3 is 2.18 bits per heavy atom. The molecule has 4 aromatic rings. The number of hydrogen-bond donors (Lipinski definition) is 1. The number of rotatable bonds is 10. The minimum atomic E-state index is -4.00. The second-order valence-corrected chi connectivity index (χ2v) is 9.97. The molecule has 0 fully saturated rings. The molecule has 9 heteroatoms. The quantitative estimate of drug-likeness (QED) is 0.234. The van der Waals surface area contributed by atoms with Crippen molar-refractivity contribution in [3.63, 3.8) is 0 Å². The molecule has 0 aliphatic rings. The molecule has 0 aliphatic carbocycles. The van der Waals surface area contributed by atoms with Crippen molar-refractivity contribution in [3.05, 3.63) is 120 Å². The van der Waals surface area contributed by atoms with Crippen molar-refractivity contribution in [1.82, 2.24) is 5.43 Å². The summed E-state index contributed by atoms with van der Waals surface area (Å²) in [6.07, 6.45) is 1.43. The van der Waals surface area contributed by atoms with Gasteiger partial charge in [0.2, 0.25) is 0 Å². The molecular weight excluding hydrogens is 502 g/mol. The maximum Gasteiger partial charge on any atom is 0.273 e. The summed E-state index contributed by atoms with van der Waals surface area (Å²) in [5.41, 5.74) is 4.24. The number of benzene rings is 4. The van der Waals surface area contributed by atoms with Gasteiger partial charge in [0.1, 0.15) is 0 Å². The van der Waals surface area contributed by atoms with Gasteiger partial charge in [-0.15, -0.1) is 0 Å². The number of hydrazone groups is 1. The molecule has 1 N–H and O–H groups in total. The molecule has 194 valence electrons. The van der Waals surface area contributed by atoms with Crippen LogP contribution in [-0.4, -0.2) is 34.8 Å². The molecule has 8 nitrogen and oxygen atoms in total. The van der Waals surface area contributed by atoms with E-state index in [2.05, 4.69) is 10.5 Å². The van der Waals surface area contributed by atoms with Crippen molar-refractivity contribution >= 4 is 27.8 Å². The Morgan fingerprint density at radius 2 is 1.50 bits per heavy atom. The van der Waals surface area contributed by atoms with Gasteiger partial charge in [0.25, 0.3) is 15.9 Å². The summed E-state index contributed by atoms with van der Waals surface area (Å²) < 4.78 is 39.5. The van der Waals surface area contributed by atoms with E-state index < -0.39 is 15.9 Å². The van der Waals surface area contributed by atoms with E-state index in [1.807, 2.05) is 30.3 Å². The average molecular weight is 530 g/mol. The predicted octanol–water partition coefficient (Wildman–Crippen LogP) is 4.86. The Balaban J connectivity index is 1.69. The van der Waals surface area contributed by atoms with Gasteiger partial charge < -0.3 is 9.47 Å². The normalized spacial score (nSPS) is 11.2. The fourth-order valence-electron chi connectivity index (χ4n) is 3.89. The standard InChI is InChI=1S/C29H27N3O5S/c1-36-27-19-11-14-23(28(27)37-2)20-30-31-29(33)25-17-9-10-18-26(25)32(21-22-12-5-3-6-13-22)38(34,35)24-15-7-4-8-16-24/h3-20H,21H2,1-2H3,(H,31,33)/b30-20-. The van der Waals surface area contributed by atoms with E-state index in [1.165, 1.54) is 36.9 Å². The van der Waals surface area contributed by atoms with Crippen molar-refractivity contribution in [2.24, 2.45) is 5.10 Å². The third kappa shape index (κ3) is 5.84. The van der Waals surface area contributed by atoms with Crippen molar-refractivity contribution in [1.29, 1.82) is 0 Å². The maximum absolute atomic E-state index is 13.8. The molecule has 4 aromatic carbocycles. The fraction of sp³-hybridized carbons (Fsp3) is 0.103. The van der Waals surface area contributed by atoms with Gasteiger partial charge in [0, 0.05) is 5.56 Å². The molecule has 38 heavy (non-hydrogen) atoms. The minimum Gasteiger partial charge on any atom is -0.493 e. The number of anilines is 1. The van der Waals surface area contributed by atoms with E-state index >= 15 is 0 Å². The average Bonchev–Trinajstić information content (AvgIpc) is 2.96. The summed E-state index contributed by atoms with van der Waals surface area (Å²) in [5.74, 6) is 0.423. The van der Waals surface area contributed by atoms with Gasteiger partial charge in [-0.25, -0.2) is 13.8 Å². The number of ether oxygens (including phenoxy) is 2. The summed E-state index contributed by atoms with van der Waals surface area (Å²) >= 11 is 0. The first kappa shape index (κ1) is 26.4. The number of hydrogen-bond acceptors (Lipinski definition) is 6. The van der Waals surface area contributed by atoms with Crippen LogP contribution in [0.15, 0.2) is 113 Å². The molecule has 0 radical (unpaired) electrons. The number of nitrogens with one attached hydrogen (secondary N) is 1. The predicted molar refractivity (Wildman–Crippen MR) is 147 cm³/mol. The molecule has 4 rings (SSSR count). The van der Waals surface area contributed by atoms with Crippen LogP contribution in [0.4, 0.5) is 5.69 Å². The number of carbonyl (C=O) groups is 1. The van der Waals surface area contributed by atoms with Crippen LogP contribution in [0.5, 0.6) is 11.5 Å². The van der Waals surface area contributed by atoms with E-state index in [0.29, 0.717) is 17.1 Å². The third-order valence-electron chi connectivity index (χ3n) is 5.72. The molecular formula is C29H27N3O5S.